The molecule has 0 spiro atoms. The van der Waals surface area contributed by atoms with Crippen LogP contribution in [0.15, 0.2) is 0 Å². The second-order valence-corrected chi connectivity index (χ2v) is 6.74. The molecular weight excluding hydrogens is 332 g/mol. The molecule has 0 aromatic carbocycles. The third-order valence-corrected chi connectivity index (χ3v) is 4.20. The number of hydrogen-bond donors (Lipinski definition) is 0. The second kappa shape index (κ2) is 20.2. The van der Waals surface area contributed by atoms with Gasteiger partial charge in [0.25, 0.3) is 0 Å². The molecule has 0 unspecified atom stereocenters. The van der Waals surface area contributed by atoms with Crippen LogP contribution in [0.4, 0.5) is 0 Å². The SMILES string of the molecule is CCCCCCCCCC(=O)OCCOCCOC(=O)CCCCCC. The van der Waals surface area contributed by atoms with Crippen LogP contribution in [-0.2, 0) is 23.8 Å². The minimum atomic E-state index is -0.161. The molecule has 0 heterocycles. The smallest absolute Gasteiger partial charge is 0.305 e. The van der Waals surface area contributed by atoms with E-state index >= 15 is 0 Å². The fourth-order valence-electron chi connectivity index (χ4n) is 2.60. The van der Waals surface area contributed by atoms with Crippen molar-refractivity contribution in [2.45, 2.75) is 97.3 Å². The molecule has 26 heavy (non-hydrogen) atoms. The highest BCUT2D eigenvalue weighted by molar-refractivity contribution is 5.69. The van der Waals surface area contributed by atoms with E-state index in [4.69, 9.17) is 14.2 Å². The Bertz CT molecular complexity index is 330. The highest BCUT2D eigenvalue weighted by atomic mass is 16.6. The lowest BCUT2D eigenvalue weighted by molar-refractivity contribution is -0.146. The summed E-state index contributed by atoms with van der Waals surface area (Å²) in [5.41, 5.74) is 0. The van der Waals surface area contributed by atoms with Gasteiger partial charge in [0, 0.05) is 12.8 Å². The van der Waals surface area contributed by atoms with Gasteiger partial charge in [0.2, 0.25) is 0 Å². The first kappa shape index (κ1) is 24.9. The molecule has 0 aliphatic rings. The molecule has 0 fully saturated rings. The van der Waals surface area contributed by atoms with Crippen molar-refractivity contribution in [2.75, 3.05) is 26.4 Å². The van der Waals surface area contributed by atoms with E-state index in [9.17, 15) is 9.59 Å². The Balaban J connectivity index is 3.26. The number of carbonyl (C=O) groups excluding carboxylic acids is 2. The number of rotatable bonds is 19. The predicted octanol–water partition coefficient (Wildman–Crippen LogP) is 5.20. The summed E-state index contributed by atoms with van der Waals surface area (Å²) in [6.45, 7) is 5.57. The van der Waals surface area contributed by atoms with Crippen molar-refractivity contribution in [3.63, 3.8) is 0 Å². The molecule has 5 heteroatoms. The molecule has 0 bridgehead atoms. The average Bonchev–Trinajstić information content (AvgIpc) is 2.63. The zero-order valence-corrected chi connectivity index (χ0v) is 17.1. The normalized spacial score (nSPS) is 10.7. The molecule has 0 aromatic rings. The maximum absolute atomic E-state index is 11.6. The van der Waals surface area contributed by atoms with Gasteiger partial charge in [-0.2, -0.15) is 0 Å². The molecule has 0 rings (SSSR count). The van der Waals surface area contributed by atoms with Crippen LogP contribution in [0.25, 0.3) is 0 Å². The van der Waals surface area contributed by atoms with Crippen LogP contribution in [-0.4, -0.2) is 38.4 Å². The lowest BCUT2D eigenvalue weighted by atomic mass is 10.1. The largest absolute Gasteiger partial charge is 0.463 e. The molecule has 0 radical (unpaired) electrons. The second-order valence-electron chi connectivity index (χ2n) is 6.74. The van der Waals surface area contributed by atoms with E-state index in [1.165, 1.54) is 32.1 Å². The molecule has 154 valence electrons. The first-order valence-electron chi connectivity index (χ1n) is 10.6. The summed E-state index contributed by atoms with van der Waals surface area (Å²) in [5.74, 6) is -0.313. The maximum Gasteiger partial charge on any atom is 0.305 e. The van der Waals surface area contributed by atoms with Gasteiger partial charge in [-0.25, -0.2) is 0 Å². The van der Waals surface area contributed by atoms with E-state index < -0.39 is 0 Å². The summed E-state index contributed by atoms with van der Waals surface area (Å²) in [7, 11) is 0. The van der Waals surface area contributed by atoms with E-state index in [1.807, 2.05) is 0 Å². The maximum atomic E-state index is 11.6. The van der Waals surface area contributed by atoms with Crippen molar-refractivity contribution >= 4 is 11.9 Å². The zero-order valence-electron chi connectivity index (χ0n) is 17.1. The van der Waals surface area contributed by atoms with Gasteiger partial charge in [-0.3, -0.25) is 9.59 Å². The Hall–Kier alpha value is -1.10. The Kier molecular flexibility index (Phi) is 19.4. The summed E-state index contributed by atoms with van der Waals surface area (Å²) in [5, 5.41) is 0. The lowest BCUT2D eigenvalue weighted by Crippen LogP contribution is -2.14. The fourth-order valence-corrected chi connectivity index (χ4v) is 2.60. The quantitative estimate of drug-likeness (QED) is 0.230. The van der Waals surface area contributed by atoms with Gasteiger partial charge in [0.1, 0.15) is 13.2 Å². The van der Waals surface area contributed by atoms with Crippen LogP contribution < -0.4 is 0 Å². The van der Waals surface area contributed by atoms with Crippen molar-refractivity contribution in [2.24, 2.45) is 0 Å². The van der Waals surface area contributed by atoms with Crippen molar-refractivity contribution in [3.05, 3.63) is 0 Å². The molecular formula is C21H40O5. The molecule has 5 nitrogen and oxygen atoms in total. The minimum Gasteiger partial charge on any atom is -0.463 e. The minimum absolute atomic E-state index is 0.152. The van der Waals surface area contributed by atoms with Gasteiger partial charge in [-0.1, -0.05) is 71.6 Å². The molecule has 0 saturated heterocycles. The summed E-state index contributed by atoms with van der Waals surface area (Å²) in [6.07, 6.45) is 13.6. The summed E-state index contributed by atoms with van der Waals surface area (Å²) in [4.78, 5) is 23.0. The van der Waals surface area contributed by atoms with E-state index in [0.29, 0.717) is 26.1 Å². The average molecular weight is 373 g/mol. The number of esters is 2. The first-order chi connectivity index (χ1) is 12.7. The molecule has 0 aliphatic carbocycles. The van der Waals surface area contributed by atoms with Crippen LogP contribution >= 0.6 is 0 Å². The van der Waals surface area contributed by atoms with Crippen molar-refractivity contribution in [3.8, 4) is 0 Å². The highest BCUT2D eigenvalue weighted by Crippen LogP contribution is 2.08. The van der Waals surface area contributed by atoms with E-state index in [1.54, 1.807) is 0 Å². The van der Waals surface area contributed by atoms with Gasteiger partial charge >= 0.3 is 11.9 Å². The summed E-state index contributed by atoms with van der Waals surface area (Å²) in [6, 6.07) is 0. The summed E-state index contributed by atoms with van der Waals surface area (Å²) >= 11 is 0. The van der Waals surface area contributed by atoms with Crippen molar-refractivity contribution < 1.29 is 23.8 Å². The predicted molar refractivity (Wildman–Crippen MR) is 104 cm³/mol. The standard InChI is InChI=1S/C21H40O5/c1-3-5-7-9-10-11-13-15-21(23)26-19-17-24-16-18-25-20(22)14-12-8-6-4-2/h3-19H2,1-2H3. The van der Waals surface area contributed by atoms with Gasteiger partial charge in [0.05, 0.1) is 13.2 Å². The van der Waals surface area contributed by atoms with Gasteiger partial charge in [0.15, 0.2) is 0 Å². The van der Waals surface area contributed by atoms with Gasteiger partial charge in [-0.05, 0) is 12.8 Å². The Morgan fingerprint density at radius 2 is 0.923 bits per heavy atom. The molecule has 0 N–H and O–H groups in total. The van der Waals surface area contributed by atoms with Crippen molar-refractivity contribution in [1.82, 2.24) is 0 Å². The van der Waals surface area contributed by atoms with E-state index in [2.05, 4.69) is 13.8 Å². The number of unbranched alkanes of at least 4 members (excludes halogenated alkanes) is 9. The molecule has 0 aliphatic heterocycles. The topological polar surface area (TPSA) is 61.8 Å². The van der Waals surface area contributed by atoms with E-state index in [-0.39, 0.29) is 25.2 Å². The van der Waals surface area contributed by atoms with Crippen LogP contribution in [0.1, 0.15) is 97.3 Å². The number of ether oxygens (including phenoxy) is 3. The van der Waals surface area contributed by atoms with Gasteiger partial charge < -0.3 is 14.2 Å². The van der Waals surface area contributed by atoms with Crippen LogP contribution in [0.5, 0.6) is 0 Å². The van der Waals surface area contributed by atoms with E-state index in [0.717, 1.165) is 38.5 Å². The number of carbonyl (C=O) groups is 2. The third-order valence-electron chi connectivity index (χ3n) is 4.20. The zero-order chi connectivity index (χ0) is 19.3. The molecule has 0 aromatic heterocycles. The molecule has 0 saturated carbocycles. The van der Waals surface area contributed by atoms with Crippen molar-refractivity contribution in [1.29, 1.82) is 0 Å². The monoisotopic (exact) mass is 372 g/mol. The van der Waals surface area contributed by atoms with Crippen LogP contribution in [0, 0.1) is 0 Å². The fraction of sp³-hybridized carbons (Fsp3) is 0.905. The molecule has 0 amide bonds. The molecule has 0 atom stereocenters. The third kappa shape index (κ3) is 19.2. The number of hydrogen-bond acceptors (Lipinski definition) is 5. The van der Waals surface area contributed by atoms with Gasteiger partial charge in [-0.15, -0.1) is 0 Å². The van der Waals surface area contributed by atoms with Crippen LogP contribution in [0.2, 0.25) is 0 Å². The first-order valence-corrected chi connectivity index (χ1v) is 10.6. The lowest BCUT2D eigenvalue weighted by Gasteiger charge is -2.07. The Morgan fingerprint density at radius 3 is 1.38 bits per heavy atom. The Morgan fingerprint density at radius 1 is 0.538 bits per heavy atom. The highest BCUT2D eigenvalue weighted by Gasteiger charge is 2.04. The van der Waals surface area contributed by atoms with Crippen LogP contribution in [0.3, 0.4) is 0 Å². The Labute approximate surface area is 160 Å². The summed E-state index contributed by atoms with van der Waals surface area (Å²) < 4.78 is 15.5.